The minimum atomic E-state index is -0.711. The highest BCUT2D eigenvalue weighted by Gasteiger charge is 2.54. The third kappa shape index (κ3) is 3.36. The van der Waals surface area contributed by atoms with Gasteiger partial charge in [0, 0.05) is 37.7 Å². The minimum absolute atomic E-state index is 0.00918. The number of carbonyl (C=O) groups excluding carboxylic acids is 1. The van der Waals surface area contributed by atoms with Gasteiger partial charge < -0.3 is 9.64 Å². The van der Waals surface area contributed by atoms with Crippen LogP contribution in [0.1, 0.15) is 36.8 Å². The van der Waals surface area contributed by atoms with E-state index in [0.717, 1.165) is 25.0 Å². The van der Waals surface area contributed by atoms with Crippen molar-refractivity contribution in [3.63, 3.8) is 0 Å². The second-order valence-corrected chi connectivity index (χ2v) is 7.24. The first-order valence-electron chi connectivity index (χ1n) is 9.24. The standard InChI is InChI=1S/C21H23FN2O2/c22-19-6-2-1-5-18(19)21(9-10-21)20(25)24(15-17-4-3-13-26-17)14-16-7-11-23-12-8-16/h1-2,5-8,11-12,17H,3-4,9-10,13-15H2. The predicted molar refractivity (Wildman–Crippen MR) is 95.9 cm³/mol. The number of hydrogen-bond acceptors (Lipinski definition) is 3. The van der Waals surface area contributed by atoms with Gasteiger partial charge in [0.1, 0.15) is 5.82 Å². The molecule has 1 aliphatic heterocycles. The Bertz CT molecular complexity index is 771. The van der Waals surface area contributed by atoms with Crippen LogP contribution in [-0.4, -0.2) is 35.0 Å². The Labute approximate surface area is 153 Å². The van der Waals surface area contributed by atoms with Crippen LogP contribution in [0, 0.1) is 5.82 Å². The fraction of sp³-hybridized carbons (Fsp3) is 0.429. The van der Waals surface area contributed by atoms with E-state index in [1.807, 2.05) is 17.0 Å². The number of halogens is 1. The molecule has 2 aliphatic rings. The van der Waals surface area contributed by atoms with Crippen LogP contribution in [0.2, 0.25) is 0 Å². The van der Waals surface area contributed by atoms with Crippen LogP contribution in [0.3, 0.4) is 0 Å². The normalized spacial score (nSPS) is 20.7. The molecule has 2 aromatic rings. The second-order valence-electron chi connectivity index (χ2n) is 7.24. The molecular formula is C21H23FN2O2. The molecule has 136 valence electrons. The summed E-state index contributed by atoms with van der Waals surface area (Å²) in [6.45, 7) is 1.80. The SMILES string of the molecule is O=C(N(Cc1ccncc1)CC1CCCO1)C1(c2ccccc2F)CC1. The Balaban J connectivity index is 1.60. The van der Waals surface area contributed by atoms with E-state index in [1.54, 1.807) is 30.6 Å². The van der Waals surface area contributed by atoms with Crippen molar-refractivity contribution >= 4 is 5.91 Å². The first-order chi connectivity index (χ1) is 12.7. The van der Waals surface area contributed by atoms with Crippen LogP contribution in [-0.2, 0) is 21.5 Å². The van der Waals surface area contributed by atoms with E-state index in [4.69, 9.17) is 4.74 Å². The fourth-order valence-electron chi connectivity index (χ4n) is 3.84. The maximum Gasteiger partial charge on any atom is 0.233 e. The predicted octanol–water partition coefficient (Wildman–Crippen LogP) is 3.46. The lowest BCUT2D eigenvalue weighted by molar-refractivity contribution is -0.136. The lowest BCUT2D eigenvalue weighted by Gasteiger charge is -2.30. The van der Waals surface area contributed by atoms with Crippen LogP contribution >= 0.6 is 0 Å². The number of ether oxygens (including phenoxy) is 1. The molecule has 2 fully saturated rings. The summed E-state index contributed by atoms with van der Waals surface area (Å²) < 4.78 is 20.1. The Hall–Kier alpha value is -2.27. The number of nitrogens with zero attached hydrogens (tertiary/aromatic N) is 2. The molecule has 1 saturated carbocycles. The lowest BCUT2D eigenvalue weighted by atomic mass is 9.93. The molecule has 5 heteroatoms. The summed E-state index contributed by atoms with van der Waals surface area (Å²) >= 11 is 0. The van der Waals surface area contributed by atoms with Crippen molar-refractivity contribution in [3.05, 3.63) is 65.7 Å². The number of hydrogen-bond donors (Lipinski definition) is 0. The summed E-state index contributed by atoms with van der Waals surface area (Å²) in [6.07, 6.45) is 6.92. The summed E-state index contributed by atoms with van der Waals surface area (Å²) in [5, 5.41) is 0. The van der Waals surface area contributed by atoms with Crippen LogP contribution in [0.4, 0.5) is 4.39 Å². The van der Waals surface area contributed by atoms with Crippen molar-refractivity contribution in [1.29, 1.82) is 0 Å². The van der Waals surface area contributed by atoms with Gasteiger partial charge in [-0.1, -0.05) is 18.2 Å². The first kappa shape index (κ1) is 17.2. The molecule has 1 unspecified atom stereocenters. The van der Waals surface area contributed by atoms with E-state index in [0.29, 0.717) is 31.5 Å². The molecule has 0 radical (unpaired) electrons. The molecule has 0 bridgehead atoms. The van der Waals surface area contributed by atoms with Crippen molar-refractivity contribution in [2.45, 2.75) is 43.7 Å². The van der Waals surface area contributed by atoms with Gasteiger partial charge in [-0.25, -0.2) is 4.39 Å². The van der Waals surface area contributed by atoms with Gasteiger partial charge in [0.15, 0.2) is 0 Å². The van der Waals surface area contributed by atoms with Crippen molar-refractivity contribution in [2.24, 2.45) is 0 Å². The van der Waals surface area contributed by atoms with E-state index in [2.05, 4.69) is 4.98 Å². The van der Waals surface area contributed by atoms with E-state index in [1.165, 1.54) is 6.07 Å². The maximum atomic E-state index is 14.4. The number of benzene rings is 1. The molecular weight excluding hydrogens is 331 g/mol. The highest BCUT2D eigenvalue weighted by atomic mass is 19.1. The summed E-state index contributed by atoms with van der Waals surface area (Å²) in [7, 11) is 0. The molecule has 1 saturated heterocycles. The van der Waals surface area contributed by atoms with E-state index in [-0.39, 0.29) is 17.8 Å². The third-order valence-electron chi connectivity index (χ3n) is 5.41. The van der Waals surface area contributed by atoms with Crippen LogP contribution in [0.5, 0.6) is 0 Å². The summed E-state index contributed by atoms with van der Waals surface area (Å²) in [5.74, 6) is -0.283. The molecule has 1 aromatic heterocycles. The number of rotatable bonds is 6. The Morgan fingerprint density at radius 1 is 1.23 bits per heavy atom. The summed E-state index contributed by atoms with van der Waals surface area (Å²) in [6, 6.07) is 10.5. The molecule has 1 atom stereocenters. The largest absolute Gasteiger partial charge is 0.376 e. The highest BCUT2D eigenvalue weighted by molar-refractivity contribution is 5.91. The molecule has 1 amide bonds. The van der Waals surface area contributed by atoms with Gasteiger partial charge in [-0.2, -0.15) is 0 Å². The maximum absolute atomic E-state index is 14.4. The average Bonchev–Trinajstić information content (AvgIpc) is 3.31. The van der Waals surface area contributed by atoms with Gasteiger partial charge in [-0.3, -0.25) is 9.78 Å². The van der Waals surface area contributed by atoms with Crippen LogP contribution in [0.15, 0.2) is 48.8 Å². The smallest absolute Gasteiger partial charge is 0.233 e. The number of amides is 1. The number of carbonyl (C=O) groups is 1. The Kier molecular flexibility index (Phi) is 4.72. The van der Waals surface area contributed by atoms with Gasteiger partial charge in [0.25, 0.3) is 0 Å². The van der Waals surface area contributed by atoms with Crippen LogP contribution < -0.4 is 0 Å². The first-order valence-corrected chi connectivity index (χ1v) is 9.24. The van der Waals surface area contributed by atoms with Gasteiger partial charge in [0.2, 0.25) is 5.91 Å². The van der Waals surface area contributed by atoms with Crippen molar-refractivity contribution < 1.29 is 13.9 Å². The molecule has 2 heterocycles. The third-order valence-corrected chi connectivity index (χ3v) is 5.41. The van der Waals surface area contributed by atoms with E-state index < -0.39 is 5.41 Å². The van der Waals surface area contributed by atoms with E-state index >= 15 is 0 Å². The van der Waals surface area contributed by atoms with Crippen molar-refractivity contribution in [1.82, 2.24) is 9.88 Å². The highest BCUT2D eigenvalue weighted by Crippen LogP contribution is 2.50. The topological polar surface area (TPSA) is 42.4 Å². The molecule has 0 spiro atoms. The fourth-order valence-corrected chi connectivity index (χ4v) is 3.84. The molecule has 26 heavy (non-hydrogen) atoms. The van der Waals surface area contributed by atoms with Gasteiger partial charge in [0.05, 0.1) is 11.5 Å². The Morgan fingerprint density at radius 2 is 2.00 bits per heavy atom. The zero-order valence-corrected chi connectivity index (χ0v) is 14.7. The molecule has 1 aliphatic carbocycles. The van der Waals surface area contributed by atoms with Gasteiger partial charge in [-0.05, 0) is 49.4 Å². The summed E-state index contributed by atoms with van der Waals surface area (Å²) in [4.78, 5) is 19.4. The molecule has 0 N–H and O–H groups in total. The van der Waals surface area contributed by atoms with Gasteiger partial charge >= 0.3 is 0 Å². The lowest BCUT2D eigenvalue weighted by Crippen LogP contribution is -2.43. The van der Waals surface area contributed by atoms with Crippen molar-refractivity contribution in [3.8, 4) is 0 Å². The zero-order valence-electron chi connectivity index (χ0n) is 14.7. The van der Waals surface area contributed by atoms with E-state index in [9.17, 15) is 9.18 Å². The van der Waals surface area contributed by atoms with Crippen LogP contribution in [0.25, 0.3) is 0 Å². The monoisotopic (exact) mass is 354 g/mol. The van der Waals surface area contributed by atoms with Crippen molar-refractivity contribution in [2.75, 3.05) is 13.2 Å². The number of pyridine rings is 1. The molecule has 1 aromatic carbocycles. The van der Waals surface area contributed by atoms with Gasteiger partial charge in [-0.15, -0.1) is 0 Å². The summed E-state index contributed by atoms with van der Waals surface area (Å²) in [5.41, 5.74) is 0.838. The zero-order chi connectivity index (χ0) is 18.0. The Morgan fingerprint density at radius 3 is 2.65 bits per heavy atom. The average molecular weight is 354 g/mol. The molecule has 4 nitrogen and oxygen atoms in total. The minimum Gasteiger partial charge on any atom is -0.376 e. The quantitative estimate of drug-likeness (QED) is 0.798. The second kappa shape index (κ2) is 7.16. The molecule has 4 rings (SSSR count). The number of aromatic nitrogens is 1.